The molecule has 7 aromatic rings. The molecule has 0 amide bonds. The molecule has 0 unspecified atom stereocenters. The molecule has 0 saturated carbocycles. The summed E-state index contributed by atoms with van der Waals surface area (Å²) in [6.07, 6.45) is 3.90. The van der Waals surface area contributed by atoms with E-state index < -0.39 is 13.3 Å². The van der Waals surface area contributed by atoms with E-state index >= 15 is 0 Å². The number of fused-ring (bicyclic) bond motifs is 3. The van der Waals surface area contributed by atoms with E-state index in [-0.39, 0.29) is 20.1 Å². The molecule has 3 heterocycles. The van der Waals surface area contributed by atoms with Crippen molar-refractivity contribution in [1.82, 2.24) is 9.97 Å². The summed E-state index contributed by atoms with van der Waals surface area (Å²) < 4.78 is 7.76. The maximum Gasteiger partial charge on any atom is 0.121 e. The van der Waals surface area contributed by atoms with Crippen molar-refractivity contribution in [2.45, 2.75) is 31.1 Å². The summed E-state index contributed by atoms with van der Waals surface area (Å²) in [6, 6.07) is 41.5. The van der Waals surface area contributed by atoms with Crippen LogP contribution in [0.2, 0.25) is 17.3 Å². The number of hydrogen-bond acceptors (Lipinski definition) is 3. The van der Waals surface area contributed by atoms with Gasteiger partial charge in [-0.05, 0) is 35.9 Å². The van der Waals surface area contributed by atoms with Crippen molar-refractivity contribution in [3.63, 3.8) is 0 Å². The molecule has 0 N–H and O–H groups in total. The van der Waals surface area contributed by atoms with E-state index in [2.05, 4.69) is 126 Å². The van der Waals surface area contributed by atoms with Gasteiger partial charge in [-0.2, -0.15) is 0 Å². The molecule has 3 nitrogen and oxygen atoms in total. The third kappa shape index (κ3) is 6.78. The van der Waals surface area contributed by atoms with Crippen molar-refractivity contribution in [2.75, 3.05) is 0 Å². The summed E-state index contributed by atoms with van der Waals surface area (Å²) in [5, 5.41) is 2.21. The largest absolute Gasteiger partial charge is 0.501 e. The van der Waals surface area contributed by atoms with E-state index in [1.165, 1.54) is 21.1 Å². The third-order valence-electron chi connectivity index (χ3n) is 7.62. The summed E-state index contributed by atoms with van der Waals surface area (Å²) in [4.78, 5) is 9.10. The molecule has 0 atom stereocenters. The minimum atomic E-state index is -1.77. The molecule has 0 saturated heterocycles. The summed E-state index contributed by atoms with van der Waals surface area (Å²) in [7, 11) is 0. The van der Waals surface area contributed by atoms with Crippen molar-refractivity contribution in [2.24, 2.45) is 0 Å². The van der Waals surface area contributed by atoms with E-state index in [1.807, 2.05) is 42.6 Å². The first kappa shape index (κ1) is 31.6. The standard InChI is InChI=1S/C24H16NO.C15H18GeN.Ir/c1-16-12-13-25-22(14-16)21-9-5-8-20-19-11-10-18(15-23(19)26-24(20)21)17-6-3-2-4-7-17;1-12-10-15(13-8-6-5-7-9-13)17-11-14(12)16(2,3)4;/h2-8,10-15H,1H3;5-8,10-11H,1-4H3;/q2*-1;. The van der Waals surface area contributed by atoms with Crippen LogP contribution in [0.25, 0.3) is 55.6 Å². The summed E-state index contributed by atoms with van der Waals surface area (Å²) in [5.41, 5.74) is 10.5. The van der Waals surface area contributed by atoms with Crippen LogP contribution in [-0.4, -0.2) is 23.2 Å². The Labute approximate surface area is 276 Å². The average Bonchev–Trinajstić information content (AvgIpc) is 3.40. The van der Waals surface area contributed by atoms with E-state index in [9.17, 15) is 0 Å². The van der Waals surface area contributed by atoms with Crippen molar-refractivity contribution in [3.05, 3.63) is 139 Å². The smallest absolute Gasteiger partial charge is 0.121 e. The zero-order chi connectivity index (χ0) is 30.0. The van der Waals surface area contributed by atoms with Crippen molar-refractivity contribution in [3.8, 4) is 33.6 Å². The van der Waals surface area contributed by atoms with Gasteiger partial charge < -0.3 is 9.40 Å². The number of hydrogen-bond donors (Lipinski definition) is 0. The molecule has 0 aliphatic carbocycles. The molecule has 7 rings (SSSR count). The Balaban J connectivity index is 0.000000187. The van der Waals surface area contributed by atoms with Crippen molar-refractivity contribution < 1.29 is 24.5 Å². The third-order valence-corrected chi connectivity index (χ3v) is 12.1. The Bertz CT molecular complexity index is 2030. The molecular formula is C39H34GeIrN2O-2. The zero-order valence-corrected chi connectivity index (χ0v) is 30.1. The second kappa shape index (κ2) is 13.4. The number of rotatable bonds is 4. The zero-order valence-electron chi connectivity index (χ0n) is 25.6. The Morgan fingerprint density at radius 1 is 0.682 bits per heavy atom. The summed E-state index contributed by atoms with van der Waals surface area (Å²) in [5.74, 6) is 7.20. The molecule has 3 aromatic heterocycles. The molecule has 221 valence electrons. The van der Waals surface area contributed by atoms with E-state index in [4.69, 9.17) is 4.42 Å². The molecule has 0 aliphatic rings. The van der Waals surface area contributed by atoms with Crippen LogP contribution >= 0.6 is 0 Å². The summed E-state index contributed by atoms with van der Waals surface area (Å²) >= 11 is -1.77. The van der Waals surface area contributed by atoms with Gasteiger partial charge in [0.05, 0.1) is 5.58 Å². The Morgan fingerprint density at radius 2 is 1.48 bits per heavy atom. The molecule has 0 bridgehead atoms. The van der Waals surface area contributed by atoms with E-state index in [1.54, 1.807) is 0 Å². The topological polar surface area (TPSA) is 38.9 Å². The van der Waals surface area contributed by atoms with Gasteiger partial charge in [0.25, 0.3) is 0 Å². The molecule has 0 aliphatic heterocycles. The Morgan fingerprint density at radius 3 is 2.18 bits per heavy atom. The van der Waals surface area contributed by atoms with E-state index in [0.29, 0.717) is 0 Å². The van der Waals surface area contributed by atoms with Crippen LogP contribution < -0.4 is 4.40 Å². The van der Waals surface area contributed by atoms with Gasteiger partial charge in [-0.1, -0.05) is 65.0 Å². The van der Waals surface area contributed by atoms with Crippen LogP contribution in [0.5, 0.6) is 0 Å². The molecule has 44 heavy (non-hydrogen) atoms. The van der Waals surface area contributed by atoms with Crippen molar-refractivity contribution >= 4 is 39.6 Å². The first-order valence-electron chi connectivity index (χ1n) is 14.6. The number of nitrogens with zero attached hydrogens (tertiary/aromatic N) is 2. The maximum absolute atomic E-state index is 6.27. The molecule has 4 aromatic carbocycles. The fourth-order valence-corrected chi connectivity index (χ4v) is 9.04. The fourth-order valence-electron chi connectivity index (χ4n) is 5.46. The van der Waals surface area contributed by atoms with E-state index in [0.717, 1.165) is 50.0 Å². The van der Waals surface area contributed by atoms with Crippen molar-refractivity contribution in [1.29, 1.82) is 0 Å². The molecular weight excluding hydrogens is 777 g/mol. The quantitative estimate of drug-likeness (QED) is 0.131. The second-order valence-electron chi connectivity index (χ2n) is 11.9. The number of furan rings is 1. The number of benzene rings is 4. The fraction of sp³-hybridized carbons (Fsp3) is 0.128. The Kier molecular flexibility index (Phi) is 9.65. The predicted octanol–water partition coefficient (Wildman–Crippen LogP) is 9.82. The van der Waals surface area contributed by atoms with Gasteiger partial charge in [0.2, 0.25) is 0 Å². The van der Waals surface area contributed by atoms with Gasteiger partial charge in [0.15, 0.2) is 0 Å². The second-order valence-corrected chi connectivity index (χ2v) is 22.5. The van der Waals surface area contributed by atoms with Crippen LogP contribution in [0, 0.1) is 26.0 Å². The maximum atomic E-state index is 6.27. The number of pyridine rings is 2. The van der Waals surface area contributed by atoms with Gasteiger partial charge in [-0.25, -0.2) is 0 Å². The predicted molar refractivity (Wildman–Crippen MR) is 182 cm³/mol. The van der Waals surface area contributed by atoms with Gasteiger partial charge in [0.1, 0.15) is 5.58 Å². The van der Waals surface area contributed by atoms with Crippen LogP contribution in [0.3, 0.4) is 0 Å². The average molecular weight is 812 g/mol. The van der Waals surface area contributed by atoms with Gasteiger partial charge >= 0.3 is 106 Å². The molecule has 5 heteroatoms. The monoisotopic (exact) mass is 813 g/mol. The molecule has 0 fully saturated rings. The SMILES string of the molecule is Cc1cc(-c2[c-]cccc2)nc[c]1[Ge]([CH3])([CH3])[CH3].Cc1ccnc(-c2[c-]ccc3c2oc2cc(-c4ccccc4)ccc23)c1.[Ir]. The Hall–Kier alpha value is -3.83. The first-order valence-corrected chi connectivity index (χ1v) is 21.9. The van der Waals surface area contributed by atoms with Crippen LogP contribution in [0.15, 0.2) is 120 Å². The van der Waals surface area contributed by atoms with Gasteiger partial charge in [0, 0.05) is 31.7 Å². The summed E-state index contributed by atoms with van der Waals surface area (Å²) in [6.45, 7) is 4.26. The number of aryl methyl sites for hydroxylation is 2. The first-order chi connectivity index (χ1) is 20.8. The van der Waals surface area contributed by atoms with Gasteiger partial charge in [-0.15, -0.1) is 18.2 Å². The van der Waals surface area contributed by atoms with Gasteiger partial charge in [-0.3, -0.25) is 0 Å². The minimum Gasteiger partial charge on any atom is -0.501 e. The van der Waals surface area contributed by atoms with Crippen LogP contribution in [0.4, 0.5) is 0 Å². The minimum absolute atomic E-state index is 0. The van der Waals surface area contributed by atoms with Crippen LogP contribution in [-0.2, 0) is 20.1 Å². The molecule has 0 spiro atoms. The molecule has 1 radical (unpaired) electrons. The normalized spacial score (nSPS) is 11.1. The van der Waals surface area contributed by atoms with Crippen LogP contribution in [0.1, 0.15) is 11.1 Å². The number of aromatic nitrogens is 2.